The number of likely N-dealkylation sites (N-methyl/N-ethyl adjacent to an activating group) is 1. The molecule has 0 aliphatic carbocycles. The van der Waals surface area contributed by atoms with E-state index in [9.17, 15) is 26.7 Å². The second-order valence-electron chi connectivity index (χ2n) is 9.44. The predicted molar refractivity (Wildman–Crippen MR) is 139 cm³/mol. The topological polar surface area (TPSA) is 64.1 Å². The minimum Gasteiger partial charge on any atom is -0.376 e. The van der Waals surface area contributed by atoms with Crippen molar-refractivity contribution in [2.24, 2.45) is 0 Å². The zero-order valence-electron chi connectivity index (χ0n) is 20.6. The third-order valence-electron chi connectivity index (χ3n) is 6.67. The van der Waals surface area contributed by atoms with Crippen LogP contribution < -0.4 is 4.90 Å². The maximum Gasteiger partial charge on any atom is 0.421 e. The molecule has 1 aromatic heterocycles. The van der Waals surface area contributed by atoms with Crippen molar-refractivity contribution in [3.8, 4) is 0 Å². The summed E-state index contributed by atoms with van der Waals surface area (Å²) >= 11 is 1.17. The van der Waals surface area contributed by atoms with E-state index in [4.69, 9.17) is 0 Å². The lowest BCUT2D eigenvalue weighted by atomic mass is 9.95. The number of rotatable bonds is 8. The minimum atomic E-state index is -4.81. The normalized spacial score (nSPS) is 19.2. The van der Waals surface area contributed by atoms with E-state index in [1.807, 2.05) is 42.3 Å². The van der Waals surface area contributed by atoms with E-state index in [-0.39, 0.29) is 28.9 Å². The predicted octanol–water partition coefficient (Wildman–Crippen LogP) is 4.53. The fourth-order valence-electron chi connectivity index (χ4n) is 4.54. The molecule has 2 atom stereocenters. The minimum absolute atomic E-state index is 0.237. The van der Waals surface area contributed by atoms with Crippen LogP contribution >= 0.6 is 11.3 Å². The summed E-state index contributed by atoms with van der Waals surface area (Å²) in [6.07, 6.45) is -4.81. The smallest absolute Gasteiger partial charge is 0.376 e. The van der Waals surface area contributed by atoms with Crippen LogP contribution in [0.2, 0.25) is 0 Å². The van der Waals surface area contributed by atoms with Crippen molar-refractivity contribution in [2.75, 3.05) is 38.1 Å². The van der Waals surface area contributed by atoms with Crippen molar-refractivity contribution >= 4 is 27.0 Å². The molecule has 200 valence electrons. The molecule has 1 saturated heterocycles. The fourth-order valence-corrected chi connectivity index (χ4v) is 7.15. The first-order valence-electron chi connectivity index (χ1n) is 11.8. The molecule has 1 aliphatic rings. The second kappa shape index (κ2) is 10.7. The van der Waals surface area contributed by atoms with Crippen molar-refractivity contribution in [1.29, 1.82) is 0 Å². The number of piperazine rings is 1. The van der Waals surface area contributed by atoms with Crippen LogP contribution in [0.25, 0.3) is 0 Å². The van der Waals surface area contributed by atoms with Crippen LogP contribution in [0.5, 0.6) is 0 Å². The van der Waals surface area contributed by atoms with Gasteiger partial charge in [0.15, 0.2) is 5.60 Å². The van der Waals surface area contributed by atoms with Crippen molar-refractivity contribution in [3.63, 3.8) is 0 Å². The average Bonchev–Trinajstić information content (AvgIpc) is 3.40. The van der Waals surface area contributed by atoms with E-state index in [2.05, 4.69) is 4.90 Å². The number of nitrogens with zero attached hydrogens (tertiary/aromatic N) is 3. The molecular formula is C26H30F3N3O3S2. The molecule has 1 aliphatic heterocycles. The van der Waals surface area contributed by atoms with Gasteiger partial charge in [-0.05, 0) is 48.7 Å². The number of anilines is 1. The number of thiophene rings is 1. The highest BCUT2D eigenvalue weighted by molar-refractivity contribution is 7.91. The average molecular weight is 554 g/mol. The van der Waals surface area contributed by atoms with E-state index in [0.29, 0.717) is 25.3 Å². The molecule has 0 spiro atoms. The van der Waals surface area contributed by atoms with Gasteiger partial charge in [0.25, 0.3) is 10.0 Å². The Morgan fingerprint density at radius 1 is 1.03 bits per heavy atom. The number of aliphatic hydroxyl groups is 1. The SMILES string of the molecule is CN(Cc1ccccc1)CC1CN(S(=O)(=O)c2cccs2)CCN1c1ccc(C(C)(O)C(F)(F)F)cc1. The highest BCUT2D eigenvalue weighted by atomic mass is 32.2. The lowest BCUT2D eigenvalue weighted by Crippen LogP contribution is -2.58. The van der Waals surface area contributed by atoms with E-state index in [0.717, 1.165) is 12.5 Å². The zero-order chi connectivity index (χ0) is 26.8. The molecule has 2 unspecified atom stereocenters. The van der Waals surface area contributed by atoms with Crippen LogP contribution in [-0.4, -0.2) is 68.2 Å². The van der Waals surface area contributed by atoms with Crippen molar-refractivity contribution in [2.45, 2.75) is 35.5 Å². The summed E-state index contributed by atoms with van der Waals surface area (Å²) in [6, 6.07) is 18.6. The zero-order valence-corrected chi connectivity index (χ0v) is 22.2. The Kier molecular flexibility index (Phi) is 8.01. The third-order valence-corrected chi connectivity index (χ3v) is 9.90. The molecule has 0 amide bonds. The number of hydrogen-bond acceptors (Lipinski definition) is 6. The molecule has 3 aromatic rings. The van der Waals surface area contributed by atoms with E-state index in [1.165, 1.54) is 27.8 Å². The fraction of sp³-hybridized carbons (Fsp3) is 0.385. The Bertz CT molecular complexity index is 1270. The van der Waals surface area contributed by atoms with Crippen LogP contribution in [-0.2, 0) is 22.2 Å². The standard InChI is InChI=1S/C26H30F3N3O3S2/c1-25(33,26(27,28)29)21-10-12-22(13-11-21)32-15-14-31(37(34,35)24-9-6-16-36-24)19-23(32)18-30(2)17-20-7-4-3-5-8-20/h3-13,16,23,33H,14-15,17-19H2,1-2H3. The summed E-state index contributed by atoms with van der Waals surface area (Å²) in [5.74, 6) is 0. The molecular weight excluding hydrogens is 523 g/mol. The van der Waals surface area contributed by atoms with Crippen molar-refractivity contribution in [1.82, 2.24) is 9.21 Å². The Labute approximate surface area is 219 Å². The molecule has 0 radical (unpaired) electrons. The summed E-state index contributed by atoms with van der Waals surface area (Å²) in [5, 5.41) is 11.8. The van der Waals surface area contributed by atoms with Crippen LogP contribution in [0.4, 0.5) is 18.9 Å². The molecule has 0 bridgehead atoms. The quantitative estimate of drug-likeness (QED) is 0.444. The molecule has 2 aromatic carbocycles. The second-order valence-corrected chi connectivity index (χ2v) is 12.6. The number of halogens is 3. The van der Waals surface area contributed by atoms with Crippen LogP contribution in [0.15, 0.2) is 76.3 Å². The molecule has 11 heteroatoms. The van der Waals surface area contributed by atoms with Gasteiger partial charge in [0, 0.05) is 38.4 Å². The number of hydrogen-bond donors (Lipinski definition) is 1. The van der Waals surface area contributed by atoms with Gasteiger partial charge in [0.05, 0.1) is 6.04 Å². The van der Waals surface area contributed by atoms with Crippen LogP contribution in [0.3, 0.4) is 0 Å². The molecule has 6 nitrogen and oxygen atoms in total. The molecule has 37 heavy (non-hydrogen) atoms. The first-order valence-corrected chi connectivity index (χ1v) is 14.1. The van der Waals surface area contributed by atoms with Gasteiger partial charge in [-0.15, -0.1) is 11.3 Å². The van der Waals surface area contributed by atoms with Gasteiger partial charge < -0.3 is 14.9 Å². The first kappa shape index (κ1) is 27.6. The molecule has 0 saturated carbocycles. The number of benzene rings is 2. The van der Waals surface area contributed by atoms with Gasteiger partial charge in [-0.1, -0.05) is 48.5 Å². The molecule has 1 fully saturated rings. The summed E-state index contributed by atoms with van der Waals surface area (Å²) in [4.78, 5) is 4.14. The Hall–Kier alpha value is -2.44. The summed E-state index contributed by atoms with van der Waals surface area (Å²) in [6.45, 7) is 2.80. The molecule has 1 N–H and O–H groups in total. The van der Waals surface area contributed by atoms with Gasteiger partial charge in [-0.3, -0.25) is 0 Å². The highest BCUT2D eigenvalue weighted by Crippen LogP contribution is 2.39. The van der Waals surface area contributed by atoms with Crippen molar-refractivity contribution < 1.29 is 26.7 Å². The Balaban J connectivity index is 1.58. The van der Waals surface area contributed by atoms with E-state index < -0.39 is 21.8 Å². The Morgan fingerprint density at radius 3 is 2.30 bits per heavy atom. The van der Waals surface area contributed by atoms with E-state index in [1.54, 1.807) is 29.6 Å². The third kappa shape index (κ3) is 6.01. The van der Waals surface area contributed by atoms with E-state index >= 15 is 0 Å². The van der Waals surface area contributed by atoms with Crippen LogP contribution in [0, 0.1) is 0 Å². The van der Waals surface area contributed by atoms with Gasteiger partial charge in [0.1, 0.15) is 4.21 Å². The number of alkyl halides is 3. The maximum atomic E-state index is 13.3. The largest absolute Gasteiger partial charge is 0.421 e. The van der Waals surface area contributed by atoms with Gasteiger partial charge in [0.2, 0.25) is 0 Å². The van der Waals surface area contributed by atoms with Gasteiger partial charge in [-0.25, -0.2) is 8.42 Å². The maximum absolute atomic E-state index is 13.3. The summed E-state index contributed by atoms with van der Waals surface area (Å²) in [7, 11) is -1.69. The Morgan fingerprint density at radius 2 is 1.70 bits per heavy atom. The number of sulfonamides is 1. The van der Waals surface area contributed by atoms with Gasteiger partial charge in [-0.2, -0.15) is 17.5 Å². The lowest BCUT2D eigenvalue weighted by Gasteiger charge is -2.43. The van der Waals surface area contributed by atoms with Crippen LogP contribution in [0.1, 0.15) is 18.1 Å². The summed E-state index contributed by atoms with van der Waals surface area (Å²) < 4.78 is 68.1. The first-order chi connectivity index (χ1) is 17.4. The van der Waals surface area contributed by atoms with Crippen molar-refractivity contribution in [3.05, 3.63) is 83.2 Å². The molecule has 4 rings (SSSR count). The highest BCUT2D eigenvalue weighted by Gasteiger charge is 2.51. The molecule has 2 heterocycles. The monoisotopic (exact) mass is 553 g/mol. The lowest BCUT2D eigenvalue weighted by molar-refractivity contribution is -0.258. The summed E-state index contributed by atoms with van der Waals surface area (Å²) in [5.41, 5.74) is -1.42. The van der Waals surface area contributed by atoms with Gasteiger partial charge >= 0.3 is 6.18 Å².